The quantitative estimate of drug-likeness (QED) is 0.119. The van der Waals surface area contributed by atoms with Gasteiger partial charge in [-0.1, -0.05) is 17.3 Å². The van der Waals surface area contributed by atoms with Crippen molar-refractivity contribution in [2.75, 3.05) is 18.3 Å². The summed E-state index contributed by atoms with van der Waals surface area (Å²) in [4.78, 5) is 70.5. The predicted octanol–water partition coefficient (Wildman–Crippen LogP) is 0.286. The number of nitrogen functional groups attached to an aromatic ring is 1. The molecule has 0 aromatic carbocycles. The lowest BCUT2D eigenvalue weighted by atomic mass is 10.0. The number of amides is 2. The number of rotatable bonds is 8. The van der Waals surface area contributed by atoms with Gasteiger partial charge in [0.05, 0.1) is 0 Å². The number of β-lactam (4-membered cyclic amide) rings is 1. The highest BCUT2D eigenvalue weighted by atomic mass is 32.2. The van der Waals surface area contributed by atoms with Crippen LogP contribution in [0.2, 0.25) is 0 Å². The van der Waals surface area contributed by atoms with E-state index >= 15 is 0 Å². The molecule has 0 radical (unpaired) electrons. The fourth-order valence-corrected chi connectivity index (χ4v) is 4.98. The average molecular weight is 524 g/mol. The molecule has 0 saturated carbocycles. The van der Waals surface area contributed by atoms with Gasteiger partial charge in [0.2, 0.25) is 6.79 Å². The van der Waals surface area contributed by atoms with Crippen molar-refractivity contribution in [3.63, 3.8) is 0 Å². The Hall–Kier alpha value is -3.72. The number of nitrogens with two attached hydrogens (primary N) is 1. The number of carbonyl (C=O) groups excluding carboxylic acids is 5. The van der Waals surface area contributed by atoms with Crippen LogP contribution in [-0.2, 0) is 38.3 Å². The van der Waals surface area contributed by atoms with Crippen LogP contribution < -0.4 is 11.1 Å². The van der Waals surface area contributed by atoms with Crippen LogP contribution in [0.4, 0.5) is 5.13 Å². The van der Waals surface area contributed by atoms with Crippen molar-refractivity contribution in [1.29, 1.82) is 0 Å². The Morgan fingerprint density at radius 1 is 1.29 bits per heavy atom. The first kappa shape index (κ1) is 25.9. The van der Waals surface area contributed by atoms with Crippen LogP contribution >= 0.6 is 23.1 Å². The Balaban J connectivity index is 1.79. The highest BCUT2D eigenvalue weighted by molar-refractivity contribution is 8.00. The molecule has 15 heteroatoms. The second-order valence-corrected chi connectivity index (χ2v) is 9.01. The maximum Gasteiger partial charge on any atom is 0.358 e. The van der Waals surface area contributed by atoms with Gasteiger partial charge in [0.15, 0.2) is 10.8 Å². The number of fused-ring (bicyclic) bond motifs is 1. The Bertz CT molecular complexity index is 1160. The Morgan fingerprint density at radius 3 is 2.63 bits per heavy atom. The Labute approximate surface area is 207 Å². The van der Waals surface area contributed by atoms with Crippen LogP contribution in [0.25, 0.3) is 0 Å². The third kappa shape index (κ3) is 5.86. The van der Waals surface area contributed by atoms with Crippen LogP contribution in [0.3, 0.4) is 0 Å². The van der Waals surface area contributed by atoms with Crippen molar-refractivity contribution in [1.82, 2.24) is 15.2 Å². The van der Waals surface area contributed by atoms with E-state index < -0.39 is 47.9 Å². The number of hydrogen-bond acceptors (Lipinski definition) is 13. The summed E-state index contributed by atoms with van der Waals surface area (Å²) in [5, 5.41) is 7.10. The summed E-state index contributed by atoms with van der Waals surface area (Å²) in [7, 11) is 0. The van der Waals surface area contributed by atoms with Crippen molar-refractivity contribution in [3.8, 4) is 0 Å². The fraction of sp³-hybridized carbons (Fsp3) is 0.350. The molecular formula is C20H21N5O8S2. The molecule has 13 nitrogen and oxygen atoms in total. The zero-order valence-electron chi connectivity index (χ0n) is 18.8. The summed E-state index contributed by atoms with van der Waals surface area (Å²) in [6.45, 7) is 3.42. The lowest BCUT2D eigenvalue weighted by Crippen LogP contribution is -2.71. The van der Waals surface area contributed by atoms with Gasteiger partial charge in [-0.15, -0.1) is 23.1 Å². The van der Waals surface area contributed by atoms with E-state index in [0.717, 1.165) is 25.2 Å². The molecule has 1 aromatic heterocycles. The molecule has 0 bridgehead atoms. The zero-order chi connectivity index (χ0) is 25.7. The molecule has 0 unspecified atom stereocenters. The Kier molecular flexibility index (Phi) is 8.24. The SMILES string of the molecule is C/C=C/C1=C(C(=O)OCOC(C)=O)N2C(=O)[C@@H](NC(=O)/C(=N\OC(C)=O)c3csc(N)n3)[C@H]2SC1. The molecule has 3 rings (SSSR count). The van der Waals surface area contributed by atoms with Crippen molar-refractivity contribution in [3.05, 3.63) is 34.5 Å². The molecule has 1 saturated heterocycles. The zero-order valence-corrected chi connectivity index (χ0v) is 20.4. The number of hydrogen-bond donors (Lipinski definition) is 2. The average Bonchev–Trinajstić information content (AvgIpc) is 3.22. The molecule has 0 spiro atoms. The minimum absolute atomic E-state index is 0.00409. The van der Waals surface area contributed by atoms with E-state index in [4.69, 9.17) is 10.5 Å². The number of thiazole rings is 1. The van der Waals surface area contributed by atoms with Crippen molar-refractivity contribution in [2.24, 2.45) is 5.16 Å². The maximum atomic E-state index is 13.0. The first-order valence-corrected chi connectivity index (χ1v) is 12.0. The molecule has 186 valence electrons. The summed E-state index contributed by atoms with van der Waals surface area (Å²) in [6.07, 6.45) is 3.37. The highest BCUT2D eigenvalue weighted by Gasteiger charge is 2.54. The summed E-state index contributed by atoms with van der Waals surface area (Å²) in [6, 6.07) is -1.01. The number of oxime groups is 1. The number of anilines is 1. The molecule has 2 amide bonds. The molecule has 2 aliphatic heterocycles. The molecule has 1 aromatic rings. The van der Waals surface area contributed by atoms with Gasteiger partial charge < -0.3 is 25.4 Å². The van der Waals surface area contributed by atoms with Gasteiger partial charge in [-0.2, -0.15) is 0 Å². The first-order valence-electron chi connectivity index (χ1n) is 10.0. The first-order chi connectivity index (χ1) is 16.6. The molecule has 35 heavy (non-hydrogen) atoms. The van der Waals surface area contributed by atoms with Crippen LogP contribution in [0.1, 0.15) is 26.5 Å². The topological polar surface area (TPSA) is 180 Å². The molecular weight excluding hydrogens is 502 g/mol. The second kappa shape index (κ2) is 11.1. The highest BCUT2D eigenvalue weighted by Crippen LogP contribution is 2.41. The standard InChI is InChI=1S/C20H21N5O8S2/c1-4-5-11-6-34-18-14(17(29)25(18)15(11)19(30)32-8-31-9(2)26)23-16(28)13(24-33-10(3)27)12-7-35-20(21)22-12/h4-5,7,14,18H,6,8H2,1-3H3,(H2,21,22)(H,23,28)/b5-4+,24-13-/t14-,18-/m1/s1. The minimum atomic E-state index is -1.01. The van der Waals surface area contributed by atoms with E-state index in [0.29, 0.717) is 11.3 Å². The number of esters is 2. The third-order valence-corrected chi connectivity index (χ3v) is 6.52. The molecule has 2 aliphatic rings. The number of aromatic nitrogens is 1. The summed E-state index contributed by atoms with van der Waals surface area (Å²) < 4.78 is 9.63. The van der Waals surface area contributed by atoms with Gasteiger partial charge >= 0.3 is 17.9 Å². The van der Waals surface area contributed by atoms with Crippen LogP contribution in [-0.4, -0.2) is 69.3 Å². The monoisotopic (exact) mass is 523 g/mol. The molecule has 0 aliphatic carbocycles. The number of carbonyl (C=O) groups is 5. The normalized spacial score (nSPS) is 19.7. The Morgan fingerprint density at radius 2 is 2.03 bits per heavy atom. The van der Waals surface area contributed by atoms with E-state index in [9.17, 15) is 24.0 Å². The number of thioether (sulfide) groups is 1. The van der Waals surface area contributed by atoms with E-state index in [1.165, 1.54) is 22.0 Å². The number of allylic oxidation sites excluding steroid dienone is 2. The molecule has 3 heterocycles. The van der Waals surface area contributed by atoms with E-state index in [1.54, 1.807) is 19.1 Å². The predicted molar refractivity (Wildman–Crippen MR) is 124 cm³/mol. The third-order valence-electron chi connectivity index (χ3n) is 4.54. The van der Waals surface area contributed by atoms with Crippen LogP contribution in [0, 0.1) is 0 Å². The molecule has 2 atom stereocenters. The number of ether oxygens (including phenoxy) is 2. The van der Waals surface area contributed by atoms with E-state index in [1.807, 2.05) is 0 Å². The van der Waals surface area contributed by atoms with E-state index in [-0.39, 0.29) is 22.2 Å². The number of nitrogens with one attached hydrogen (secondary N) is 1. The van der Waals surface area contributed by atoms with Crippen LogP contribution in [0.5, 0.6) is 0 Å². The van der Waals surface area contributed by atoms with Gasteiger partial charge in [0, 0.05) is 25.0 Å². The van der Waals surface area contributed by atoms with Crippen LogP contribution in [0.15, 0.2) is 34.0 Å². The molecule has 3 N–H and O–H groups in total. The van der Waals surface area contributed by atoms with Gasteiger partial charge in [0.1, 0.15) is 22.8 Å². The smallest absolute Gasteiger partial charge is 0.358 e. The number of nitrogens with zero attached hydrogens (tertiary/aromatic N) is 3. The lowest BCUT2D eigenvalue weighted by Gasteiger charge is -2.49. The summed E-state index contributed by atoms with van der Waals surface area (Å²) in [5.74, 6) is -3.28. The maximum absolute atomic E-state index is 13.0. The lowest BCUT2D eigenvalue weighted by molar-refractivity contribution is -0.166. The van der Waals surface area contributed by atoms with Gasteiger partial charge in [-0.05, 0) is 12.5 Å². The summed E-state index contributed by atoms with van der Waals surface area (Å²) in [5.41, 5.74) is 5.88. The fourth-order valence-electron chi connectivity index (χ4n) is 3.12. The molecule has 1 fully saturated rings. The van der Waals surface area contributed by atoms with Gasteiger partial charge in [0.25, 0.3) is 11.8 Å². The van der Waals surface area contributed by atoms with Gasteiger partial charge in [-0.3, -0.25) is 19.3 Å². The summed E-state index contributed by atoms with van der Waals surface area (Å²) >= 11 is 2.37. The minimum Gasteiger partial charge on any atom is -0.428 e. The van der Waals surface area contributed by atoms with Crippen molar-refractivity contribution in [2.45, 2.75) is 32.2 Å². The van der Waals surface area contributed by atoms with Crippen molar-refractivity contribution >= 4 is 63.7 Å². The van der Waals surface area contributed by atoms with E-state index in [2.05, 4.69) is 25.0 Å². The second-order valence-electron chi connectivity index (χ2n) is 7.01. The van der Waals surface area contributed by atoms with Crippen molar-refractivity contribution < 1.29 is 38.3 Å². The van der Waals surface area contributed by atoms with Gasteiger partial charge in [-0.25, -0.2) is 14.6 Å². The largest absolute Gasteiger partial charge is 0.428 e.